The molecule has 1 fully saturated rings. The first-order valence-corrected chi connectivity index (χ1v) is 7.45. The topological polar surface area (TPSA) is 20.2 Å². The fourth-order valence-electron chi connectivity index (χ4n) is 2.31. The molecule has 0 saturated carbocycles. The molecule has 17 heavy (non-hydrogen) atoms. The molecular weight excluding hydrogens is 252 g/mol. The first kappa shape index (κ1) is 13.3. The quantitative estimate of drug-likeness (QED) is 0.901. The van der Waals surface area contributed by atoms with Crippen LogP contribution in [0.25, 0.3) is 0 Å². The van der Waals surface area contributed by atoms with Gasteiger partial charge in [-0.15, -0.1) is 0 Å². The van der Waals surface area contributed by atoms with Crippen LogP contribution in [-0.2, 0) is 6.42 Å². The number of halogens is 1. The van der Waals surface area contributed by atoms with E-state index in [-0.39, 0.29) is 10.9 Å². The molecule has 1 aliphatic rings. The van der Waals surface area contributed by atoms with Crippen LogP contribution in [0.4, 0.5) is 0 Å². The lowest BCUT2D eigenvalue weighted by atomic mass is 9.93. The number of aliphatic hydroxyl groups is 1. The summed E-state index contributed by atoms with van der Waals surface area (Å²) in [6.45, 7) is 4.19. The highest BCUT2D eigenvalue weighted by atomic mass is 35.5. The second-order valence-electron chi connectivity index (χ2n) is 5.08. The Morgan fingerprint density at radius 3 is 2.88 bits per heavy atom. The van der Waals surface area contributed by atoms with E-state index in [0.717, 1.165) is 28.3 Å². The minimum absolute atomic E-state index is 0.00815. The van der Waals surface area contributed by atoms with Gasteiger partial charge in [-0.1, -0.05) is 23.7 Å². The minimum Gasteiger partial charge on any atom is -0.391 e. The van der Waals surface area contributed by atoms with Crippen LogP contribution < -0.4 is 0 Å². The molecule has 0 bridgehead atoms. The third kappa shape index (κ3) is 2.98. The highest BCUT2D eigenvalue weighted by molar-refractivity contribution is 8.00. The predicted octanol–water partition coefficient (Wildman–Crippen LogP) is 3.84. The van der Waals surface area contributed by atoms with E-state index in [9.17, 15) is 5.11 Å². The molecule has 3 heteroatoms. The third-order valence-electron chi connectivity index (χ3n) is 3.58. The van der Waals surface area contributed by atoms with Crippen molar-refractivity contribution in [3.05, 3.63) is 34.3 Å². The zero-order valence-electron chi connectivity index (χ0n) is 10.4. The second-order valence-corrected chi connectivity index (χ2v) is 7.12. The molecule has 0 radical (unpaired) electrons. The number of aryl methyl sites for hydroxylation is 1. The van der Waals surface area contributed by atoms with E-state index in [4.69, 9.17) is 11.6 Å². The van der Waals surface area contributed by atoms with Gasteiger partial charge >= 0.3 is 0 Å². The average Bonchev–Trinajstić information content (AvgIpc) is 2.71. The first-order valence-electron chi connectivity index (χ1n) is 6.08. The van der Waals surface area contributed by atoms with Crippen LogP contribution >= 0.6 is 23.4 Å². The highest BCUT2D eigenvalue weighted by Crippen LogP contribution is 2.41. The maximum absolute atomic E-state index is 10.4. The Bertz CT molecular complexity index is 399. The van der Waals surface area contributed by atoms with Gasteiger partial charge in [0.15, 0.2) is 0 Å². The molecule has 1 N–H and O–H groups in total. The molecular formula is C14H19ClOS. The summed E-state index contributed by atoms with van der Waals surface area (Å²) in [5, 5.41) is 11.1. The Morgan fingerprint density at radius 2 is 2.29 bits per heavy atom. The van der Waals surface area contributed by atoms with Crippen molar-refractivity contribution in [1.29, 1.82) is 0 Å². The van der Waals surface area contributed by atoms with Gasteiger partial charge in [-0.05, 0) is 49.6 Å². The summed E-state index contributed by atoms with van der Waals surface area (Å²) in [6, 6.07) is 6.05. The molecule has 1 aromatic rings. The summed E-state index contributed by atoms with van der Waals surface area (Å²) in [4.78, 5) is 0. The molecule has 2 unspecified atom stereocenters. The number of aliphatic hydroxyl groups excluding tert-OH is 1. The molecule has 94 valence electrons. The van der Waals surface area contributed by atoms with Gasteiger partial charge in [-0.25, -0.2) is 0 Å². The van der Waals surface area contributed by atoms with Crippen LogP contribution in [0.15, 0.2) is 18.2 Å². The van der Waals surface area contributed by atoms with Crippen LogP contribution in [0, 0.1) is 6.92 Å². The summed E-state index contributed by atoms with van der Waals surface area (Å²) in [5.74, 6) is 1.16. The molecule has 1 heterocycles. The van der Waals surface area contributed by atoms with E-state index in [2.05, 4.69) is 13.0 Å². The van der Waals surface area contributed by atoms with Crippen LogP contribution in [0.3, 0.4) is 0 Å². The lowest BCUT2D eigenvalue weighted by Gasteiger charge is -2.29. The van der Waals surface area contributed by atoms with Crippen molar-refractivity contribution in [3.8, 4) is 0 Å². The van der Waals surface area contributed by atoms with Crippen molar-refractivity contribution in [2.75, 3.05) is 5.75 Å². The first-order chi connectivity index (χ1) is 8.01. The Morgan fingerprint density at radius 1 is 1.53 bits per heavy atom. The fraction of sp³-hybridized carbons (Fsp3) is 0.571. The van der Waals surface area contributed by atoms with Gasteiger partial charge in [0.25, 0.3) is 0 Å². The van der Waals surface area contributed by atoms with Crippen molar-refractivity contribution >= 4 is 23.4 Å². The van der Waals surface area contributed by atoms with E-state index in [1.165, 1.54) is 6.42 Å². The number of hydrogen-bond acceptors (Lipinski definition) is 2. The lowest BCUT2D eigenvalue weighted by molar-refractivity contribution is 0.133. The molecule has 0 spiro atoms. The molecule has 0 amide bonds. The van der Waals surface area contributed by atoms with Crippen molar-refractivity contribution in [1.82, 2.24) is 0 Å². The summed E-state index contributed by atoms with van der Waals surface area (Å²) >= 11 is 8.10. The fourth-order valence-corrected chi connectivity index (χ4v) is 3.94. The predicted molar refractivity (Wildman–Crippen MR) is 76.0 cm³/mol. The van der Waals surface area contributed by atoms with E-state index in [1.807, 2.05) is 30.8 Å². The maximum atomic E-state index is 10.4. The van der Waals surface area contributed by atoms with Crippen molar-refractivity contribution < 1.29 is 5.11 Å². The summed E-state index contributed by atoms with van der Waals surface area (Å²) in [5.41, 5.74) is 2.22. The zero-order chi connectivity index (χ0) is 12.5. The molecule has 2 rings (SSSR count). The molecule has 1 aliphatic heterocycles. The minimum atomic E-state index is -0.310. The smallest absolute Gasteiger partial charge is 0.0724 e. The monoisotopic (exact) mass is 270 g/mol. The van der Waals surface area contributed by atoms with Gasteiger partial charge in [0.1, 0.15) is 0 Å². The van der Waals surface area contributed by atoms with Crippen molar-refractivity contribution in [3.63, 3.8) is 0 Å². The van der Waals surface area contributed by atoms with Gasteiger partial charge in [-0.2, -0.15) is 11.8 Å². The number of rotatable bonds is 3. The standard InChI is InChI=1S/C14H19ClOS/c1-10-4-5-11(12(15)8-10)9-13(16)14(2)6-3-7-17-14/h4-5,8,13,16H,3,6-7,9H2,1-2H3. The number of hydrogen-bond donors (Lipinski definition) is 1. The molecule has 1 saturated heterocycles. The number of thioether (sulfide) groups is 1. The van der Waals surface area contributed by atoms with Gasteiger partial charge in [-0.3, -0.25) is 0 Å². The lowest BCUT2D eigenvalue weighted by Crippen LogP contribution is -2.35. The van der Waals surface area contributed by atoms with Gasteiger partial charge < -0.3 is 5.11 Å². The molecule has 1 nitrogen and oxygen atoms in total. The molecule has 2 atom stereocenters. The Kier molecular flexibility index (Phi) is 4.06. The zero-order valence-corrected chi connectivity index (χ0v) is 11.9. The summed E-state index contributed by atoms with van der Waals surface area (Å²) < 4.78 is 0.00815. The van der Waals surface area contributed by atoms with E-state index < -0.39 is 0 Å². The van der Waals surface area contributed by atoms with Gasteiger partial charge in [0, 0.05) is 16.2 Å². The highest BCUT2D eigenvalue weighted by Gasteiger charge is 2.36. The Balaban J connectivity index is 2.10. The van der Waals surface area contributed by atoms with E-state index in [1.54, 1.807) is 0 Å². The van der Waals surface area contributed by atoms with Gasteiger partial charge in [0.2, 0.25) is 0 Å². The number of benzene rings is 1. The van der Waals surface area contributed by atoms with Crippen LogP contribution in [0.2, 0.25) is 5.02 Å². The normalized spacial score (nSPS) is 26.1. The SMILES string of the molecule is Cc1ccc(CC(O)C2(C)CCCS2)c(Cl)c1. The van der Waals surface area contributed by atoms with Crippen molar-refractivity contribution in [2.45, 2.75) is 44.0 Å². The summed E-state index contributed by atoms with van der Waals surface area (Å²) in [6.07, 6.45) is 2.65. The largest absolute Gasteiger partial charge is 0.391 e. The van der Waals surface area contributed by atoms with Crippen LogP contribution in [-0.4, -0.2) is 21.7 Å². The van der Waals surface area contributed by atoms with E-state index in [0.29, 0.717) is 6.42 Å². The van der Waals surface area contributed by atoms with Crippen LogP contribution in [0.1, 0.15) is 30.9 Å². The third-order valence-corrected chi connectivity index (χ3v) is 5.56. The molecule has 1 aromatic carbocycles. The summed E-state index contributed by atoms with van der Waals surface area (Å²) in [7, 11) is 0. The van der Waals surface area contributed by atoms with Gasteiger partial charge in [0.05, 0.1) is 6.10 Å². The van der Waals surface area contributed by atoms with Crippen molar-refractivity contribution in [2.24, 2.45) is 0 Å². The van der Waals surface area contributed by atoms with E-state index >= 15 is 0 Å². The molecule has 0 aromatic heterocycles. The average molecular weight is 271 g/mol. The molecule has 0 aliphatic carbocycles. The van der Waals surface area contributed by atoms with Crippen LogP contribution in [0.5, 0.6) is 0 Å². The maximum Gasteiger partial charge on any atom is 0.0724 e. The Hall–Kier alpha value is -0.180. The Labute approximate surface area is 113 Å². The second kappa shape index (κ2) is 5.21.